The summed E-state index contributed by atoms with van der Waals surface area (Å²) in [7, 11) is 1.53. The molecule has 0 radical (unpaired) electrons. The number of hydrogen-bond donors (Lipinski definition) is 1. The molecule has 2 unspecified atom stereocenters. The van der Waals surface area contributed by atoms with Crippen LogP contribution in [0.4, 0.5) is 5.69 Å². The second-order valence-electron chi connectivity index (χ2n) is 5.55. The first-order valence-electron chi connectivity index (χ1n) is 7.16. The SMILES string of the molecule is COc1cc(CNC2CCCCC2C)cc([N+](=O)[O-])c1. The van der Waals surface area contributed by atoms with Crippen molar-refractivity contribution in [2.45, 2.75) is 45.2 Å². The van der Waals surface area contributed by atoms with Gasteiger partial charge >= 0.3 is 0 Å². The summed E-state index contributed by atoms with van der Waals surface area (Å²) in [5, 5.41) is 14.4. The molecule has 0 bridgehead atoms. The summed E-state index contributed by atoms with van der Waals surface area (Å²) in [5.74, 6) is 1.21. The molecule has 0 spiro atoms. The van der Waals surface area contributed by atoms with Crippen LogP contribution in [0.2, 0.25) is 0 Å². The van der Waals surface area contributed by atoms with E-state index in [0.29, 0.717) is 24.3 Å². The topological polar surface area (TPSA) is 64.4 Å². The van der Waals surface area contributed by atoms with Crippen molar-refractivity contribution in [2.24, 2.45) is 5.92 Å². The summed E-state index contributed by atoms with van der Waals surface area (Å²) in [6.07, 6.45) is 5.02. The number of nitrogens with zero attached hydrogens (tertiary/aromatic N) is 1. The van der Waals surface area contributed by atoms with Gasteiger partial charge in [0.05, 0.1) is 18.1 Å². The molecule has 5 nitrogen and oxygen atoms in total. The Kier molecular flexibility index (Phi) is 4.95. The van der Waals surface area contributed by atoms with Gasteiger partial charge in [0.2, 0.25) is 0 Å². The Morgan fingerprint density at radius 2 is 2.10 bits per heavy atom. The van der Waals surface area contributed by atoms with Crippen LogP contribution in [0.15, 0.2) is 18.2 Å². The van der Waals surface area contributed by atoms with Gasteiger partial charge in [-0.25, -0.2) is 0 Å². The number of non-ortho nitro benzene ring substituents is 1. The van der Waals surface area contributed by atoms with E-state index in [9.17, 15) is 10.1 Å². The lowest BCUT2D eigenvalue weighted by Crippen LogP contribution is -2.36. The van der Waals surface area contributed by atoms with Gasteiger partial charge in [0.1, 0.15) is 5.75 Å². The number of hydrogen-bond acceptors (Lipinski definition) is 4. The summed E-state index contributed by atoms with van der Waals surface area (Å²) in [6, 6.07) is 5.43. The largest absolute Gasteiger partial charge is 0.496 e. The zero-order valence-corrected chi connectivity index (χ0v) is 12.1. The van der Waals surface area contributed by atoms with Gasteiger partial charge < -0.3 is 10.1 Å². The van der Waals surface area contributed by atoms with Crippen LogP contribution in [-0.2, 0) is 6.54 Å². The second-order valence-corrected chi connectivity index (χ2v) is 5.55. The van der Waals surface area contributed by atoms with E-state index in [1.807, 2.05) is 6.07 Å². The van der Waals surface area contributed by atoms with Crippen LogP contribution in [0.25, 0.3) is 0 Å². The zero-order valence-electron chi connectivity index (χ0n) is 12.1. The highest BCUT2D eigenvalue weighted by Crippen LogP contribution is 2.25. The van der Waals surface area contributed by atoms with Gasteiger partial charge in [-0.3, -0.25) is 10.1 Å². The Morgan fingerprint density at radius 1 is 1.35 bits per heavy atom. The number of ether oxygens (including phenoxy) is 1. The molecule has 0 amide bonds. The van der Waals surface area contributed by atoms with Crippen LogP contribution in [0.3, 0.4) is 0 Å². The van der Waals surface area contributed by atoms with E-state index in [0.717, 1.165) is 5.56 Å². The molecule has 20 heavy (non-hydrogen) atoms. The van der Waals surface area contributed by atoms with E-state index in [4.69, 9.17) is 4.74 Å². The molecule has 0 saturated heterocycles. The van der Waals surface area contributed by atoms with Crippen molar-refractivity contribution in [3.63, 3.8) is 0 Å². The van der Waals surface area contributed by atoms with Crippen LogP contribution in [0.5, 0.6) is 5.75 Å². The van der Waals surface area contributed by atoms with Crippen LogP contribution in [0, 0.1) is 16.0 Å². The van der Waals surface area contributed by atoms with Crippen molar-refractivity contribution in [2.75, 3.05) is 7.11 Å². The molecular formula is C15H22N2O3. The van der Waals surface area contributed by atoms with Crippen LogP contribution in [-0.4, -0.2) is 18.1 Å². The summed E-state index contributed by atoms with van der Waals surface area (Å²) in [4.78, 5) is 10.5. The van der Waals surface area contributed by atoms with Crippen molar-refractivity contribution >= 4 is 5.69 Å². The number of nitrogens with one attached hydrogen (secondary N) is 1. The fourth-order valence-electron chi connectivity index (χ4n) is 2.84. The van der Waals surface area contributed by atoms with E-state index in [2.05, 4.69) is 12.2 Å². The number of benzene rings is 1. The molecule has 110 valence electrons. The normalized spacial score (nSPS) is 22.5. The van der Waals surface area contributed by atoms with Gasteiger partial charge in [0.15, 0.2) is 0 Å². The lowest BCUT2D eigenvalue weighted by molar-refractivity contribution is -0.385. The molecule has 1 N–H and O–H groups in total. The van der Waals surface area contributed by atoms with Crippen molar-refractivity contribution in [1.82, 2.24) is 5.32 Å². The van der Waals surface area contributed by atoms with Gasteiger partial charge in [-0.1, -0.05) is 19.8 Å². The molecule has 2 rings (SSSR count). The third kappa shape index (κ3) is 3.70. The van der Waals surface area contributed by atoms with E-state index >= 15 is 0 Å². The first kappa shape index (κ1) is 14.8. The maximum absolute atomic E-state index is 10.9. The molecule has 1 aliphatic rings. The molecule has 0 aliphatic heterocycles. The first-order valence-corrected chi connectivity index (χ1v) is 7.16. The fourth-order valence-corrected chi connectivity index (χ4v) is 2.84. The minimum Gasteiger partial charge on any atom is -0.496 e. The Bertz CT molecular complexity index is 476. The number of methoxy groups -OCH3 is 1. The molecule has 0 heterocycles. The summed E-state index contributed by atoms with van der Waals surface area (Å²) in [6.45, 7) is 2.91. The monoisotopic (exact) mass is 278 g/mol. The molecular weight excluding hydrogens is 256 g/mol. The minimum atomic E-state index is -0.380. The molecule has 1 aromatic carbocycles. The third-order valence-electron chi connectivity index (χ3n) is 4.08. The molecule has 1 fully saturated rings. The standard InChI is InChI=1S/C15H22N2O3/c1-11-5-3-4-6-15(11)16-10-12-7-13(17(18)19)9-14(8-12)20-2/h7-9,11,15-16H,3-6,10H2,1-2H3. The molecule has 1 aromatic rings. The van der Waals surface area contributed by atoms with Crippen molar-refractivity contribution in [1.29, 1.82) is 0 Å². The molecule has 1 aliphatic carbocycles. The van der Waals surface area contributed by atoms with Gasteiger partial charge in [0.25, 0.3) is 5.69 Å². The number of nitro groups is 1. The quantitative estimate of drug-likeness (QED) is 0.663. The lowest BCUT2D eigenvalue weighted by atomic mass is 9.86. The van der Waals surface area contributed by atoms with E-state index < -0.39 is 0 Å². The summed E-state index contributed by atoms with van der Waals surface area (Å²) in [5.41, 5.74) is 0.978. The van der Waals surface area contributed by atoms with E-state index in [1.54, 1.807) is 6.07 Å². The van der Waals surface area contributed by atoms with Gasteiger partial charge in [0, 0.05) is 18.7 Å². The average Bonchev–Trinajstić information content (AvgIpc) is 2.46. The molecule has 0 aromatic heterocycles. The van der Waals surface area contributed by atoms with Crippen LogP contribution >= 0.6 is 0 Å². The summed E-state index contributed by atoms with van der Waals surface area (Å²) < 4.78 is 5.13. The molecule has 5 heteroatoms. The number of nitro benzene ring substituents is 1. The molecule has 1 saturated carbocycles. The van der Waals surface area contributed by atoms with Gasteiger partial charge in [-0.15, -0.1) is 0 Å². The van der Waals surface area contributed by atoms with Gasteiger partial charge in [-0.2, -0.15) is 0 Å². The highest BCUT2D eigenvalue weighted by atomic mass is 16.6. The third-order valence-corrected chi connectivity index (χ3v) is 4.08. The minimum absolute atomic E-state index is 0.0813. The predicted molar refractivity (Wildman–Crippen MR) is 77.9 cm³/mol. The zero-order chi connectivity index (χ0) is 14.5. The smallest absolute Gasteiger partial charge is 0.273 e. The van der Waals surface area contributed by atoms with Gasteiger partial charge in [-0.05, 0) is 30.4 Å². The maximum Gasteiger partial charge on any atom is 0.273 e. The Hall–Kier alpha value is -1.62. The lowest BCUT2D eigenvalue weighted by Gasteiger charge is -2.29. The van der Waals surface area contributed by atoms with Crippen molar-refractivity contribution in [3.8, 4) is 5.75 Å². The Morgan fingerprint density at radius 3 is 2.75 bits per heavy atom. The highest BCUT2D eigenvalue weighted by molar-refractivity contribution is 5.42. The average molecular weight is 278 g/mol. The Balaban J connectivity index is 2.04. The van der Waals surface area contributed by atoms with E-state index in [1.165, 1.54) is 38.9 Å². The van der Waals surface area contributed by atoms with Crippen LogP contribution < -0.4 is 10.1 Å². The Labute approximate surface area is 119 Å². The summed E-state index contributed by atoms with van der Waals surface area (Å²) >= 11 is 0. The first-order chi connectivity index (χ1) is 9.60. The van der Waals surface area contributed by atoms with E-state index in [-0.39, 0.29) is 10.6 Å². The maximum atomic E-state index is 10.9. The second kappa shape index (κ2) is 6.70. The number of rotatable bonds is 5. The predicted octanol–water partition coefficient (Wildman–Crippen LogP) is 3.27. The van der Waals surface area contributed by atoms with Crippen molar-refractivity contribution < 1.29 is 9.66 Å². The van der Waals surface area contributed by atoms with Crippen molar-refractivity contribution in [3.05, 3.63) is 33.9 Å². The highest BCUT2D eigenvalue weighted by Gasteiger charge is 2.20. The molecule has 2 atom stereocenters. The fraction of sp³-hybridized carbons (Fsp3) is 0.600. The van der Waals surface area contributed by atoms with Crippen LogP contribution in [0.1, 0.15) is 38.2 Å².